The fourth-order valence-corrected chi connectivity index (χ4v) is 3.77. The highest BCUT2D eigenvalue weighted by atomic mass is 32.1. The van der Waals surface area contributed by atoms with E-state index in [4.69, 9.17) is 9.47 Å². The second-order valence-corrected chi connectivity index (χ2v) is 7.26. The molecule has 142 valence electrons. The zero-order chi connectivity index (χ0) is 19.7. The average Bonchev–Trinajstić information content (AvgIpc) is 3.23. The highest BCUT2D eigenvalue weighted by Gasteiger charge is 2.12. The molecule has 0 N–H and O–H groups in total. The van der Waals surface area contributed by atoms with Crippen molar-refractivity contribution in [2.75, 3.05) is 13.7 Å². The van der Waals surface area contributed by atoms with Crippen LogP contribution in [0.15, 0.2) is 47.3 Å². The van der Waals surface area contributed by atoms with E-state index in [1.54, 1.807) is 7.11 Å². The number of hydrogen-bond donors (Lipinski definition) is 0. The molecule has 7 heteroatoms. The molecule has 6 nitrogen and oxygen atoms in total. The normalized spacial score (nSPS) is 11.9. The van der Waals surface area contributed by atoms with E-state index in [0.29, 0.717) is 33.4 Å². The Morgan fingerprint density at radius 1 is 1.14 bits per heavy atom. The van der Waals surface area contributed by atoms with Gasteiger partial charge in [0.25, 0.3) is 5.56 Å². The molecule has 0 spiro atoms. The van der Waals surface area contributed by atoms with Crippen LogP contribution >= 0.6 is 11.3 Å². The maximum atomic E-state index is 12.7. The number of aromatic nitrogens is 3. The van der Waals surface area contributed by atoms with Crippen molar-refractivity contribution < 1.29 is 9.47 Å². The summed E-state index contributed by atoms with van der Waals surface area (Å²) in [7, 11) is 1.59. The van der Waals surface area contributed by atoms with Gasteiger partial charge in [0.05, 0.1) is 18.2 Å². The van der Waals surface area contributed by atoms with Crippen LogP contribution in [0, 0.1) is 6.92 Å². The van der Waals surface area contributed by atoms with E-state index < -0.39 is 0 Å². The summed E-state index contributed by atoms with van der Waals surface area (Å²) in [4.78, 5) is 17.8. The van der Waals surface area contributed by atoms with Gasteiger partial charge in [0, 0.05) is 5.56 Å². The number of aryl methyl sites for hydroxylation is 1. The van der Waals surface area contributed by atoms with Crippen molar-refractivity contribution in [2.24, 2.45) is 0 Å². The summed E-state index contributed by atoms with van der Waals surface area (Å²) in [5.41, 5.74) is 2.72. The molecule has 0 unspecified atom stereocenters. The molecule has 0 radical (unpaired) electrons. The first-order valence-electron chi connectivity index (χ1n) is 8.88. The molecular formula is C21H19N3O3S. The third kappa shape index (κ3) is 3.36. The Morgan fingerprint density at radius 3 is 2.61 bits per heavy atom. The molecule has 0 saturated carbocycles. The first kappa shape index (κ1) is 18.2. The molecule has 2 aromatic heterocycles. The summed E-state index contributed by atoms with van der Waals surface area (Å²) in [6.45, 7) is 4.50. The van der Waals surface area contributed by atoms with Crippen LogP contribution < -0.4 is 19.6 Å². The van der Waals surface area contributed by atoms with E-state index in [1.165, 1.54) is 15.9 Å². The van der Waals surface area contributed by atoms with Crippen LogP contribution in [0.1, 0.15) is 18.1 Å². The smallest absolute Gasteiger partial charge is 0.291 e. The Labute approximate surface area is 165 Å². The summed E-state index contributed by atoms with van der Waals surface area (Å²) in [5.74, 6) is 1.86. The topological polar surface area (TPSA) is 65.7 Å². The fourth-order valence-electron chi connectivity index (χ4n) is 2.86. The van der Waals surface area contributed by atoms with Gasteiger partial charge in [0.1, 0.15) is 0 Å². The largest absolute Gasteiger partial charge is 0.493 e. The first-order chi connectivity index (χ1) is 13.6. The van der Waals surface area contributed by atoms with Crippen molar-refractivity contribution in [3.05, 3.63) is 68.5 Å². The lowest BCUT2D eigenvalue weighted by Crippen LogP contribution is -2.23. The quantitative estimate of drug-likeness (QED) is 0.521. The highest BCUT2D eigenvalue weighted by Crippen LogP contribution is 2.28. The number of rotatable bonds is 5. The van der Waals surface area contributed by atoms with E-state index in [1.807, 2.05) is 62.4 Å². The van der Waals surface area contributed by atoms with E-state index >= 15 is 0 Å². The fraction of sp³-hybridized carbons (Fsp3) is 0.190. The number of thiazole rings is 1. The molecule has 0 fully saturated rings. The monoisotopic (exact) mass is 393 g/mol. The Kier molecular flexibility index (Phi) is 4.83. The minimum atomic E-state index is -0.182. The third-order valence-corrected chi connectivity index (χ3v) is 5.24. The second-order valence-electron chi connectivity index (χ2n) is 6.25. The maximum Gasteiger partial charge on any atom is 0.291 e. The van der Waals surface area contributed by atoms with Gasteiger partial charge in [-0.1, -0.05) is 47.2 Å². The van der Waals surface area contributed by atoms with Gasteiger partial charge in [-0.2, -0.15) is 9.50 Å². The molecule has 0 amide bonds. The van der Waals surface area contributed by atoms with Gasteiger partial charge >= 0.3 is 0 Å². The van der Waals surface area contributed by atoms with Gasteiger partial charge in [-0.15, -0.1) is 5.10 Å². The SMILES string of the molecule is CCOc1ccc(/C=c2/sc3nc(-c4ccc(C)cc4)nn3c2=O)cc1OC. The van der Waals surface area contributed by atoms with E-state index in [0.717, 1.165) is 16.7 Å². The standard InChI is InChI=1S/C21H19N3O3S/c1-4-27-16-10-7-14(11-17(16)26-3)12-18-20(25)24-21(28-18)22-19(23-24)15-8-5-13(2)6-9-15/h5-12H,4H2,1-3H3/b18-12+. The molecule has 0 saturated heterocycles. The second kappa shape index (κ2) is 7.44. The van der Waals surface area contributed by atoms with Crippen LogP contribution in [0.2, 0.25) is 0 Å². The van der Waals surface area contributed by atoms with Crippen LogP contribution in [0.25, 0.3) is 22.4 Å². The molecule has 0 bridgehead atoms. The van der Waals surface area contributed by atoms with Crippen LogP contribution in [0.5, 0.6) is 11.5 Å². The lowest BCUT2D eigenvalue weighted by atomic mass is 10.1. The van der Waals surface area contributed by atoms with Crippen molar-refractivity contribution >= 4 is 22.4 Å². The maximum absolute atomic E-state index is 12.7. The van der Waals surface area contributed by atoms with Crippen LogP contribution in [-0.2, 0) is 0 Å². The molecule has 0 aliphatic carbocycles. The molecule has 2 heterocycles. The first-order valence-corrected chi connectivity index (χ1v) is 9.70. The van der Waals surface area contributed by atoms with Crippen molar-refractivity contribution in [2.45, 2.75) is 13.8 Å². The molecule has 4 rings (SSSR count). The number of benzene rings is 2. The predicted molar refractivity (Wildman–Crippen MR) is 110 cm³/mol. The third-order valence-electron chi connectivity index (χ3n) is 4.28. The lowest BCUT2D eigenvalue weighted by Gasteiger charge is -2.09. The minimum absolute atomic E-state index is 0.182. The molecule has 0 aliphatic heterocycles. The van der Waals surface area contributed by atoms with Gasteiger partial charge in [-0.25, -0.2) is 0 Å². The number of fused-ring (bicyclic) bond motifs is 1. The molecule has 2 aromatic carbocycles. The number of hydrogen-bond acceptors (Lipinski definition) is 6. The van der Waals surface area contributed by atoms with E-state index in [9.17, 15) is 4.79 Å². The molecule has 0 atom stereocenters. The Morgan fingerprint density at radius 2 is 1.93 bits per heavy atom. The van der Waals surface area contributed by atoms with E-state index in [2.05, 4.69) is 10.1 Å². The van der Waals surface area contributed by atoms with Gasteiger partial charge in [-0.05, 0) is 37.6 Å². The summed E-state index contributed by atoms with van der Waals surface area (Å²) in [6, 6.07) is 13.5. The highest BCUT2D eigenvalue weighted by molar-refractivity contribution is 7.15. The van der Waals surface area contributed by atoms with Crippen LogP contribution in [0.4, 0.5) is 0 Å². The Bertz CT molecular complexity index is 1240. The number of ether oxygens (including phenoxy) is 2. The summed E-state index contributed by atoms with van der Waals surface area (Å²) >= 11 is 1.31. The van der Waals surface area contributed by atoms with Gasteiger partial charge in [0.2, 0.25) is 4.96 Å². The Hall–Kier alpha value is -3.19. The Balaban J connectivity index is 1.74. The summed E-state index contributed by atoms with van der Waals surface area (Å²) < 4.78 is 12.8. The van der Waals surface area contributed by atoms with Crippen molar-refractivity contribution in [1.82, 2.24) is 14.6 Å². The predicted octanol–water partition coefficient (Wildman–Crippen LogP) is 3.08. The average molecular weight is 393 g/mol. The lowest BCUT2D eigenvalue weighted by molar-refractivity contribution is 0.311. The van der Waals surface area contributed by atoms with Crippen LogP contribution in [0.3, 0.4) is 0 Å². The van der Waals surface area contributed by atoms with Gasteiger partial charge < -0.3 is 9.47 Å². The molecule has 28 heavy (non-hydrogen) atoms. The van der Waals surface area contributed by atoms with Crippen molar-refractivity contribution in [3.8, 4) is 22.9 Å². The van der Waals surface area contributed by atoms with E-state index in [-0.39, 0.29) is 5.56 Å². The van der Waals surface area contributed by atoms with Gasteiger partial charge in [-0.3, -0.25) is 4.79 Å². The number of nitrogens with zero attached hydrogens (tertiary/aromatic N) is 3. The van der Waals surface area contributed by atoms with Crippen LogP contribution in [-0.4, -0.2) is 28.3 Å². The minimum Gasteiger partial charge on any atom is -0.493 e. The van der Waals surface area contributed by atoms with Crippen molar-refractivity contribution in [1.29, 1.82) is 0 Å². The zero-order valence-corrected chi connectivity index (χ0v) is 16.6. The molecule has 0 aliphatic rings. The molecule has 4 aromatic rings. The summed E-state index contributed by atoms with van der Waals surface area (Å²) in [6.07, 6.45) is 1.81. The number of methoxy groups -OCH3 is 1. The zero-order valence-electron chi connectivity index (χ0n) is 15.8. The summed E-state index contributed by atoms with van der Waals surface area (Å²) in [5, 5.41) is 4.39. The van der Waals surface area contributed by atoms with Crippen molar-refractivity contribution in [3.63, 3.8) is 0 Å². The van der Waals surface area contributed by atoms with Gasteiger partial charge in [0.15, 0.2) is 17.3 Å². The molecular weight excluding hydrogens is 374 g/mol.